The van der Waals surface area contributed by atoms with Crippen LogP contribution < -0.4 is 5.73 Å². The van der Waals surface area contributed by atoms with Crippen LogP contribution in [0.4, 0.5) is 0 Å². The minimum absolute atomic E-state index is 0.118. The number of nitrogens with one attached hydrogen (secondary N) is 1. The van der Waals surface area contributed by atoms with Gasteiger partial charge < -0.3 is 10.6 Å². The third kappa shape index (κ3) is 2.84. The number of H-pyrrole nitrogens is 1. The number of hydrogen-bond donors (Lipinski definition) is 2. The molecule has 6 nitrogen and oxygen atoms in total. The lowest BCUT2D eigenvalue weighted by Gasteiger charge is -2.15. The molecule has 2 heterocycles. The van der Waals surface area contributed by atoms with Crippen molar-refractivity contribution in [2.45, 2.75) is 6.54 Å². The summed E-state index contributed by atoms with van der Waals surface area (Å²) in [5.74, 6) is -0.728. The topological polar surface area (TPSA) is 92.1 Å². The average Bonchev–Trinajstić information content (AvgIpc) is 3.31. The van der Waals surface area contributed by atoms with E-state index in [1.807, 2.05) is 36.4 Å². The maximum absolute atomic E-state index is 12.8. The summed E-state index contributed by atoms with van der Waals surface area (Å²) in [6, 6.07) is 13.7. The molecule has 0 fully saturated rings. The molecule has 2 amide bonds. The van der Waals surface area contributed by atoms with Gasteiger partial charge in [0.2, 0.25) is 5.91 Å². The number of carbonyl (C=O) groups is 2. The molecule has 3 N–H and O–H groups in total. The van der Waals surface area contributed by atoms with Crippen LogP contribution in [-0.4, -0.2) is 33.5 Å². The van der Waals surface area contributed by atoms with E-state index in [4.69, 9.17) is 17.3 Å². The van der Waals surface area contributed by atoms with E-state index < -0.39 is 5.91 Å². The lowest BCUT2D eigenvalue weighted by molar-refractivity contribution is -0.114. The monoisotopic (exact) mass is 416 g/mol. The highest BCUT2D eigenvalue weighted by Crippen LogP contribution is 2.36. The molecule has 30 heavy (non-hydrogen) atoms. The van der Waals surface area contributed by atoms with Gasteiger partial charge >= 0.3 is 0 Å². The van der Waals surface area contributed by atoms with Crippen LogP contribution >= 0.6 is 11.6 Å². The van der Waals surface area contributed by atoms with Crippen LogP contribution in [0.3, 0.4) is 0 Å². The van der Waals surface area contributed by atoms with E-state index in [2.05, 4.69) is 22.8 Å². The van der Waals surface area contributed by atoms with Crippen LogP contribution in [0.2, 0.25) is 5.02 Å². The molecule has 7 heteroatoms. The van der Waals surface area contributed by atoms with Crippen molar-refractivity contribution in [3.05, 3.63) is 77.0 Å². The Hall–Kier alpha value is -3.64. The molecule has 1 aromatic heterocycles. The minimum Gasteiger partial charge on any atom is -0.366 e. The largest absolute Gasteiger partial charge is 0.366 e. The van der Waals surface area contributed by atoms with Gasteiger partial charge in [-0.15, -0.1) is 0 Å². The Morgan fingerprint density at radius 1 is 1.17 bits per heavy atom. The Kier molecular flexibility index (Phi) is 4.11. The van der Waals surface area contributed by atoms with Crippen LogP contribution in [0.25, 0.3) is 32.8 Å². The fourth-order valence-electron chi connectivity index (χ4n) is 4.04. The van der Waals surface area contributed by atoms with Crippen molar-refractivity contribution < 1.29 is 9.59 Å². The lowest BCUT2D eigenvalue weighted by atomic mass is 9.95. The predicted molar refractivity (Wildman–Crippen MR) is 117 cm³/mol. The van der Waals surface area contributed by atoms with Crippen LogP contribution in [0, 0.1) is 0 Å². The fourth-order valence-corrected chi connectivity index (χ4v) is 4.26. The number of halogens is 1. The molecule has 0 bridgehead atoms. The molecular formula is C23H17ClN4O2. The maximum Gasteiger partial charge on any atom is 0.254 e. The number of aromatic amines is 1. The first-order valence-corrected chi connectivity index (χ1v) is 9.75. The highest BCUT2D eigenvalue weighted by Gasteiger charge is 2.29. The number of nitrogens with zero attached hydrogens (tertiary/aromatic N) is 2. The number of carbonyl (C=O) groups excluding carboxylic acids is 2. The van der Waals surface area contributed by atoms with E-state index in [9.17, 15) is 9.59 Å². The zero-order valence-electron chi connectivity index (χ0n) is 15.9. The van der Waals surface area contributed by atoms with E-state index >= 15 is 0 Å². The number of hydrogen-bond acceptors (Lipinski definition) is 3. The smallest absolute Gasteiger partial charge is 0.254 e. The Morgan fingerprint density at radius 2 is 1.97 bits per heavy atom. The second kappa shape index (κ2) is 6.71. The van der Waals surface area contributed by atoms with Crippen molar-refractivity contribution in [1.82, 2.24) is 15.1 Å². The molecule has 0 radical (unpaired) electrons. The Bertz CT molecular complexity index is 1390. The van der Waals surface area contributed by atoms with Crippen LogP contribution in [0.15, 0.2) is 60.8 Å². The maximum atomic E-state index is 12.8. The molecule has 0 aliphatic carbocycles. The van der Waals surface area contributed by atoms with Gasteiger partial charge in [-0.1, -0.05) is 36.4 Å². The highest BCUT2D eigenvalue weighted by molar-refractivity contribution is 6.32. The molecule has 148 valence electrons. The zero-order valence-corrected chi connectivity index (χ0v) is 16.7. The van der Waals surface area contributed by atoms with Crippen LogP contribution in [0.1, 0.15) is 15.9 Å². The predicted octanol–water partition coefficient (Wildman–Crippen LogP) is 4.03. The van der Waals surface area contributed by atoms with Gasteiger partial charge in [0.05, 0.1) is 18.3 Å². The van der Waals surface area contributed by atoms with Gasteiger partial charge in [-0.25, -0.2) is 0 Å². The first-order chi connectivity index (χ1) is 14.4. The molecule has 0 atom stereocenters. The number of nitrogens with two attached hydrogens (primary N) is 1. The third-order valence-corrected chi connectivity index (χ3v) is 5.77. The van der Waals surface area contributed by atoms with Crippen molar-refractivity contribution in [3.63, 3.8) is 0 Å². The Labute approximate surface area is 176 Å². The number of aromatic nitrogens is 2. The zero-order chi connectivity index (χ0) is 21.0. The fraction of sp³-hybridized carbons (Fsp3) is 0.0870. The molecule has 1 aliphatic rings. The van der Waals surface area contributed by atoms with E-state index in [1.165, 1.54) is 0 Å². The number of fused-ring (bicyclic) bond motifs is 4. The molecule has 1 aliphatic heterocycles. The SMILES string of the molecule is C=C(CN1Cc2c(ccc3ccc(-c4cc(Cl)cc5cn[nH]c45)cc23)C1=O)C(N)=O. The van der Waals surface area contributed by atoms with Crippen molar-refractivity contribution in [2.24, 2.45) is 5.73 Å². The van der Waals surface area contributed by atoms with Crippen molar-refractivity contribution in [1.29, 1.82) is 0 Å². The average molecular weight is 417 g/mol. The number of rotatable bonds is 4. The number of amides is 2. The molecule has 0 unspecified atom stereocenters. The molecule has 4 aromatic rings. The number of benzene rings is 3. The Balaban J connectivity index is 1.63. The van der Waals surface area contributed by atoms with Crippen molar-refractivity contribution in [3.8, 4) is 11.1 Å². The first-order valence-electron chi connectivity index (χ1n) is 9.38. The van der Waals surface area contributed by atoms with Gasteiger partial charge in [0.25, 0.3) is 5.91 Å². The molecule has 3 aromatic carbocycles. The summed E-state index contributed by atoms with van der Waals surface area (Å²) in [5.41, 5.74) is 9.89. The summed E-state index contributed by atoms with van der Waals surface area (Å²) in [5, 5.41) is 10.7. The summed E-state index contributed by atoms with van der Waals surface area (Å²) >= 11 is 6.32. The van der Waals surface area contributed by atoms with Gasteiger partial charge in [0.15, 0.2) is 0 Å². The van der Waals surface area contributed by atoms with Gasteiger partial charge in [-0.05, 0) is 46.2 Å². The highest BCUT2D eigenvalue weighted by atomic mass is 35.5. The summed E-state index contributed by atoms with van der Waals surface area (Å²) in [6.45, 7) is 4.19. The first kappa shape index (κ1) is 18.4. The standard InChI is InChI=1S/C23H17ClN4O2/c1-12(22(25)29)10-28-11-20-17(23(28)30)5-4-13-2-3-14(7-18(13)20)19-8-16(24)6-15-9-26-27-21(15)19/h2-9H,1,10-11H2,(H2,25,29)(H,26,27). The van der Waals surface area contributed by atoms with E-state index in [0.29, 0.717) is 17.1 Å². The van der Waals surface area contributed by atoms with Gasteiger partial charge in [-0.3, -0.25) is 14.7 Å². The van der Waals surface area contributed by atoms with E-state index in [-0.39, 0.29) is 18.0 Å². The lowest BCUT2D eigenvalue weighted by Crippen LogP contribution is -2.30. The summed E-state index contributed by atoms with van der Waals surface area (Å²) in [7, 11) is 0. The molecule has 0 spiro atoms. The number of primary amides is 1. The third-order valence-electron chi connectivity index (χ3n) is 5.55. The summed E-state index contributed by atoms with van der Waals surface area (Å²) in [4.78, 5) is 25.8. The van der Waals surface area contributed by atoms with Crippen LogP contribution in [0.5, 0.6) is 0 Å². The quantitative estimate of drug-likeness (QED) is 0.492. The molecular weight excluding hydrogens is 400 g/mol. The van der Waals surface area contributed by atoms with Gasteiger partial charge in [0, 0.05) is 33.7 Å². The van der Waals surface area contributed by atoms with Crippen LogP contribution in [-0.2, 0) is 11.3 Å². The molecule has 0 saturated heterocycles. The molecule has 0 saturated carbocycles. The second-order valence-corrected chi connectivity index (χ2v) is 7.88. The van der Waals surface area contributed by atoms with E-state index in [1.54, 1.807) is 11.1 Å². The molecule has 5 rings (SSSR count). The minimum atomic E-state index is -0.601. The van der Waals surface area contributed by atoms with Gasteiger partial charge in [0.1, 0.15) is 0 Å². The van der Waals surface area contributed by atoms with Gasteiger partial charge in [-0.2, -0.15) is 5.10 Å². The van der Waals surface area contributed by atoms with Crippen molar-refractivity contribution >= 4 is 45.1 Å². The summed E-state index contributed by atoms with van der Waals surface area (Å²) < 4.78 is 0. The van der Waals surface area contributed by atoms with E-state index in [0.717, 1.165) is 38.4 Å². The summed E-state index contributed by atoms with van der Waals surface area (Å²) in [6.07, 6.45) is 1.74. The normalized spacial score (nSPS) is 13.2. The second-order valence-electron chi connectivity index (χ2n) is 7.44. The van der Waals surface area contributed by atoms with Crippen molar-refractivity contribution in [2.75, 3.05) is 6.54 Å². The Morgan fingerprint density at radius 3 is 2.77 bits per heavy atom.